The topological polar surface area (TPSA) is 84.6 Å². The van der Waals surface area contributed by atoms with E-state index in [4.69, 9.17) is 9.52 Å². The monoisotopic (exact) mass is 286 g/mol. The number of benzene rings is 1. The van der Waals surface area contributed by atoms with Gasteiger partial charge in [-0.2, -0.15) is 0 Å². The van der Waals surface area contributed by atoms with Gasteiger partial charge in [0.2, 0.25) is 11.6 Å². The number of carboxylic acid groups (broad SMARTS) is 1. The zero-order valence-corrected chi connectivity index (χ0v) is 11.5. The highest BCUT2D eigenvalue weighted by molar-refractivity contribution is 6.37. The fourth-order valence-electron chi connectivity index (χ4n) is 1.95. The van der Waals surface area contributed by atoms with Crippen molar-refractivity contribution in [1.82, 2.24) is 0 Å². The van der Waals surface area contributed by atoms with Gasteiger partial charge in [0, 0.05) is 12.0 Å². The van der Waals surface area contributed by atoms with Gasteiger partial charge in [-0.1, -0.05) is 29.8 Å². The molecule has 1 aromatic heterocycles. The zero-order valence-electron chi connectivity index (χ0n) is 11.5. The molecule has 0 unspecified atom stereocenters. The highest BCUT2D eigenvalue weighted by Gasteiger charge is 2.22. The molecule has 5 nitrogen and oxygen atoms in total. The summed E-state index contributed by atoms with van der Waals surface area (Å²) < 4.78 is 5.11. The third kappa shape index (κ3) is 3.66. The van der Waals surface area contributed by atoms with Crippen LogP contribution in [0.5, 0.6) is 0 Å². The number of aliphatic carboxylic acids is 1. The first-order valence-electron chi connectivity index (χ1n) is 6.38. The first-order valence-corrected chi connectivity index (χ1v) is 6.38. The second-order valence-electron chi connectivity index (χ2n) is 4.77. The molecule has 0 saturated carbocycles. The fraction of sp³-hybridized carbons (Fsp3) is 0.188. The van der Waals surface area contributed by atoms with Gasteiger partial charge in [0.05, 0.1) is 12.7 Å². The van der Waals surface area contributed by atoms with Crippen LogP contribution in [0.1, 0.15) is 33.7 Å². The van der Waals surface area contributed by atoms with Crippen LogP contribution in [-0.2, 0) is 16.0 Å². The summed E-state index contributed by atoms with van der Waals surface area (Å²) in [5.41, 5.74) is 2.77. The standard InChI is InChI=1S/C16H14O5/c1-10-2-4-11(5-3-10)8-12-6-7-21-15(12)13(17)9-14(18)16(19)20/h2-7H,8-9H2,1H3,(H,19,20). The van der Waals surface area contributed by atoms with E-state index in [9.17, 15) is 14.4 Å². The maximum absolute atomic E-state index is 11.9. The normalized spacial score (nSPS) is 10.3. The summed E-state index contributed by atoms with van der Waals surface area (Å²) in [7, 11) is 0. The van der Waals surface area contributed by atoms with Crippen LogP contribution >= 0.6 is 0 Å². The van der Waals surface area contributed by atoms with Crippen molar-refractivity contribution in [2.75, 3.05) is 0 Å². The van der Waals surface area contributed by atoms with Gasteiger partial charge in [0.15, 0.2) is 5.76 Å². The third-order valence-corrected chi connectivity index (χ3v) is 3.07. The van der Waals surface area contributed by atoms with Gasteiger partial charge < -0.3 is 9.52 Å². The van der Waals surface area contributed by atoms with Crippen LogP contribution in [0, 0.1) is 6.92 Å². The molecular formula is C16H14O5. The van der Waals surface area contributed by atoms with Crippen LogP contribution in [0.15, 0.2) is 41.0 Å². The van der Waals surface area contributed by atoms with Crippen molar-refractivity contribution >= 4 is 17.5 Å². The second-order valence-corrected chi connectivity index (χ2v) is 4.77. The van der Waals surface area contributed by atoms with E-state index in [1.165, 1.54) is 6.26 Å². The lowest BCUT2D eigenvalue weighted by Crippen LogP contribution is -2.17. The Balaban J connectivity index is 2.14. The summed E-state index contributed by atoms with van der Waals surface area (Å²) in [5.74, 6) is -3.33. The molecule has 0 fully saturated rings. The molecule has 0 saturated heterocycles. The molecule has 0 bridgehead atoms. The van der Waals surface area contributed by atoms with Gasteiger partial charge in [0.25, 0.3) is 0 Å². The van der Waals surface area contributed by atoms with Crippen LogP contribution < -0.4 is 0 Å². The van der Waals surface area contributed by atoms with Crippen molar-refractivity contribution < 1.29 is 23.9 Å². The Kier molecular flexibility index (Phi) is 4.33. The van der Waals surface area contributed by atoms with Crippen LogP contribution in [0.2, 0.25) is 0 Å². The Morgan fingerprint density at radius 2 is 1.76 bits per heavy atom. The van der Waals surface area contributed by atoms with Crippen molar-refractivity contribution in [1.29, 1.82) is 0 Å². The van der Waals surface area contributed by atoms with E-state index in [1.807, 2.05) is 31.2 Å². The van der Waals surface area contributed by atoms with Gasteiger partial charge in [0.1, 0.15) is 0 Å². The number of rotatable bonds is 6. The number of carboxylic acids is 1. The minimum Gasteiger partial charge on any atom is -0.475 e. The van der Waals surface area contributed by atoms with Gasteiger partial charge >= 0.3 is 5.97 Å². The Hall–Kier alpha value is -2.69. The van der Waals surface area contributed by atoms with E-state index in [0.717, 1.165) is 11.1 Å². The summed E-state index contributed by atoms with van der Waals surface area (Å²) in [6, 6.07) is 9.46. The molecule has 2 aromatic rings. The number of hydrogen-bond acceptors (Lipinski definition) is 4. The van der Waals surface area contributed by atoms with E-state index < -0.39 is 24.0 Å². The summed E-state index contributed by atoms with van der Waals surface area (Å²) >= 11 is 0. The Morgan fingerprint density at radius 3 is 2.38 bits per heavy atom. The predicted octanol–water partition coefficient (Wildman–Crippen LogP) is 2.41. The van der Waals surface area contributed by atoms with Crippen molar-refractivity contribution in [2.45, 2.75) is 19.8 Å². The zero-order chi connectivity index (χ0) is 15.4. The minimum absolute atomic E-state index is 0.0465. The quantitative estimate of drug-likeness (QED) is 0.500. The van der Waals surface area contributed by atoms with Crippen molar-refractivity contribution in [2.24, 2.45) is 0 Å². The maximum atomic E-state index is 11.9. The largest absolute Gasteiger partial charge is 0.475 e. The molecule has 1 N–H and O–H groups in total. The van der Waals surface area contributed by atoms with Gasteiger partial charge in [-0.15, -0.1) is 0 Å². The summed E-state index contributed by atoms with van der Waals surface area (Å²) in [5, 5.41) is 8.53. The fourth-order valence-corrected chi connectivity index (χ4v) is 1.95. The number of furan rings is 1. The molecule has 5 heteroatoms. The Bertz CT molecular complexity index is 679. The summed E-state index contributed by atoms with van der Waals surface area (Å²) in [6.07, 6.45) is 1.16. The van der Waals surface area contributed by atoms with E-state index in [-0.39, 0.29) is 5.76 Å². The first kappa shape index (κ1) is 14.7. The lowest BCUT2D eigenvalue weighted by molar-refractivity contribution is -0.148. The number of aryl methyl sites for hydroxylation is 1. The van der Waals surface area contributed by atoms with Gasteiger partial charge in [-0.3, -0.25) is 9.59 Å². The Morgan fingerprint density at radius 1 is 1.10 bits per heavy atom. The average molecular weight is 286 g/mol. The van der Waals surface area contributed by atoms with Crippen LogP contribution in [0.25, 0.3) is 0 Å². The van der Waals surface area contributed by atoms with Crippen LogP contribution in [-0.4, -0.2) is 22.6 Å². The number of Topliss-reactive ketones (excluding diaryl/α,β-unsaturated/α-hetero) is 2. The SMILES string of the molecule is Cc1ccc(Cc2ccoc2C(=O)CC(=O)C(=O)O)cc1. The number of hydrogen-bond donors (Lipinski definition) is 1. The highest BCUT2D eigenvalue weighted by Crippen LogP contribution is 2.18. The van der Waals surface area contributed by atoms with Crippen LogP contribution in [0.4, 0.5) is 0 Å². The molecule has 0 atom stereocenters. The molecule has 1 aromatic carbocycles. The lowest BCUT2D eigenvalue weighted by Gasteiger charge is -2.02. The highest BCUT2D eigenvalue weighted by atomic mass is 16.4. The van der Waals surface area contributed by atoms with E-state index in [2.05, 4.69) is 0 Å². The van der Waals surface area contributed by atoms with E-state index in [0.29, 0.717) is 12.0 Å². The molecule has 0 aliphatic heterocycles. The summed E-state index contributed by atoms with van der Waals surface area (Å²) in [4.78, 5) is 33.5. The number of carbonyl (C=O) groups excluding carboxylic acids is 2. The third-order valence-electron chi connectivity index (χ3n) is 3.07. The van der Waals surface area contributed by atoms with Crippen molar-refractivity contribution in [3.05, 3.63) is 59.0 Å². The molecule has 0 spiro atoms. The summed E-state index contributed by atoms with van der Waals surface area (Å²) in [6.45, 7) is 1.98. The average Bonchev–Trinajstić information content (AvgIpc) is 2.89. The Labute approximate surface area is 121 Å². The lowest BCUT2D eigenvalue weighted by atomic mass is 10.0. The molecule has 0 aliphatic carbocycles. The molecule has 0 radical (unpaired) electrons. The van der Waals surface area contributed by atoms with Crippen molar-refractivity contribution in [3.8, 4) is 0 Å². The maximum Gasteiger partial charge on any atom is 0.372 e. The smallest absolute Gasteiger partial charge is 0.372 e. The first-order chi connectivity index (χ1) is 9.97. The number of ketones is 2. The van der Waals surface area contributed by atoms with Gasteiger partial charge in [-0.05, 0) is 18.6 Å². The molecule has 21 heavy (non-hydrogen) atoms. The van der Waals surface area contributed by atoms with Crippen LogP contribution in [0.3, 0.4) is 0 Å². The van der Waals surface area contributed by atoms with E-state index in [1.54, 1.807) is 6.07 Å². The molecule has 0 amide bonds. The molecule has 0 aliphatic rings. The number of carbonyl (C=O) groups is 3. The van der Waals surface area contributed by atoms with Crippen molar-refractivity contribution in [3.63, 3.8) is 0 Å². The molecule has 1 heterocycles. The molecular weight excluding hydrogens is 272 g/mol. The predicted molar refractivity (Wildman–Crippen MR) is 74.3 cm³/mol. The molecule has 108 valence electrons. The van der Waals surface area contributed by atoms with Gasteiger partial charge in [-0.25, -0.2) is 4.79 Å². The van der Waals surface area contributed by atoms with E-state index >= 15 is 0 Å². The second kappa shape index (κ2) is 6.17. The molecule has 2 rings (SSSR count). The minimum atomic E-state index is -1.62.